The van der Waals surface area contributed by atoms with Crippen LogP contribution in [0.25, 0.3) is 0 Å². The van der Waals surface area contributed by atoms with Gasteiger partial charge in [-0.3, -0.25) is 4.79 Å². The zero-order valence-corrected chi connectivity index (χ0v) is 11.8. The van der Waals surface area contributed by atoms with Gasteiger partial charge in [0.25, 0.3) is 0 Å². The minimum atomic E-state index is -0.134. The maximum atomic E-state index is 11.3. The lowest BCUT2D eigenvalue weighted by Crippen LogP contribution is -2.41. The molecule has 94 valence electrons. The standard InChI is InChI=1S/C11H21NO2S2/c1-8(11(13)14-3)9(2)12-6-10-7-15-4-5-16-10/h8-10,12H,4-7H2,1-3H3. The van der Waals surface area contributed by atoms with Gasteiger partial charge in [-0.1, -0.05) is 6.92 Å². The summed E-state index contributed by atoms with van der Waals surface area (Å²) in [5.74, 6) is 3.53. The molecule has 3 unspecified atom stereocenters. The Bertz CT molecular complexity index is 220. The van der Waals surface area contributed by atoms with Crippen LogP contribution in [0.15, 0.2) is 0 Å². The minimum absolute atomic E-state index is 0.0776. The van der Waals surface area contributed by atoms with Gasteiger partial charge in [-0.15, -0.1) is 0 Å². The average Bonchev–Trinajstić information content (AvgIpc) is 2.35. The largest absolute Gasteiger partial charge is 0.469 e. The van der Waals surface area contributed by atoms with Gasteiger partial charge in [0.05, 0.1) is 13.0 Å². The van der Waals surface area contributed by atoms with Crippen molar-refractivity contribution in [1.29, 1.82) is 0 Å². The van der Waals surface area contributed by atoms with Crippen molar-refractivity contribution >= 4 is 29.5 Å². The maximum Gasteiger partial charge on any atom is 0.309 e. The summed E-state index contributed by atoms with van der Waals surface area (Å²) in [6.07, 6.45) is 0. The first-order chi connectivity index (χ1) is 7.65. The molecule has 1 heterocycles. The van der Waals surface area contributed by atoms with Crippen molar-refractivity contribution in [1.82, 2.24) is 5.32 Å². The van der Waals surface area contributed by atoms with Gasteiger partial charge >= 0.3 is 5.97 Å². The molecule has 1 saturated heterocycles. The number of thioether (sulfide) groups is 2. The van der Waals surface area contributed by atoms with Gasteiger partial charge in [0, 0.05) is 35.1 Å². The van der Waals surface area contributed by atoms with Crippen molar-refractivity contribution in [3.8, 4) is 0 Å². The topological polar surface area (TPSA) is 38.3 Å². The summed E-state index contributed by atoms with van der Waals surface area (Å²) in [6.45, 7) is 4.94. The molecule has 0 amide bonds. The Morgan fingerprint density at radius 1 is 1.50 bits per heavy atom. The molecule has 1 fully saturated rings. The van der Waals surface area contributed by atoms with E-state index in [4.69, 9.17) is 4.74 Å². The van der Waals surface area contributed by atoms with Crippen LogP contribution in [0.2, 0.25) is 0 Å². The quantitative estimate of drug-likeness (QED) is 0.763. The highest BCUT2D eigenvalue weighted by Gasteiger charge is 2.22. The van der Waals surface area contributed by atoms with Gasteiger partial charge in [-0.25, -0.2) is 0 Å². The highest BCUT2D eigenvalue weighted by molar-refractivity contribution is 8.06. The van der Waals surface area contributed by atoms with Crippen molar-refractivity contribution in [3.63, 3.8) is 0 Å². The molecule has 1 rings (SSSR count). The van der Waals surface area contributed by atoms with E-state index in [9.17, 15) is 4.79 Å². The lowest BCUT2D eigenvalue weighted by molar-refractivity contribution is -0.145. The predicted molar refractivity (Wildman–Crippen MR) is 72.2 cm³/mol. The second-order valence-corrected chi connectivity index (χ2v) is 6.63. The summed E-state index contributed by atoms with van der Waals surface area (Å²) in [7, 11) is 1.44. The summed E-state index contributed by atoms with van der Waals surface area (Å²) in [4.78, 5) is 11.3. The molecular weight excluding hydrogens is 242 g/mol. The van der Waals surface area contributed by atoms with Gasteiger partial charge in [0.1, 0.15) is 0 Å². The third kappa shape index (κ3) is 4.55. The van der Waals surface area contributed by atoms with Crippen molar-refractivity contribution < 1.29 is 9.53 Å². The molecule has 0 spiro atoms. The summed E-state index contributed by atoms with van der Waals surface area (Å²) < 4.78 is 4.74. The van der Waals surface area contributed by atoms with Crippen LogP contribution in [-0.4, -0.2) is 48.2 Å². The zero-order chi connectivity index (χ0) is 12.0. The molecule has 0 aromatic heterocycles. The SMILES string of the molecule is COC(=O)C(C)C(C)NCC1CSCCS1. The first-order valence-electron chi connectivity index (χ1n) is 5.65. The molecule has 3 nitrogen and oxygen atoms in total. The molecule has 3 atom stereocenters. The first-order valence-corrected chi connectivity index (χ1v) is 7.86. The Hall–Kier alpha value is 0.130. The van der Waals surface area contributed by atoms with E-state index < -0.39 is 0 Å². The average molecular weight is 263 g/mol. The Morgan fingerprint density at radius 3 is 2.81 bits per heavy atom. The molecule has 0 aliphatic carbocycles. The highest BCUT2D eigenvalue weighted by Crippen LogP contribution is 2.23. The van der Waals surface area contributed by atoms with Crippen molar-refractivity contribution in [2.45, 2.75) is 25.1 Å². The number of hydrogen-bond acceptors (Lipinski definition) is 5. The van der Waals surface area contributed by atoms with Crippen molar-refractivity contribution in [2.75, 3.05) is 30.9 Å². The van der Waals surface area contributed by atoms with Crippen molar-refractivity contribution in [3.05, 3.63) is 0 Å². The highest BCUT2D eigenvalue weighted by atomic mass is 32.2. The lowest BCUT2D eigenvalue weighted by atomic mass is 10.0. The fourth-order valence-corrected chi connectivity index (χ4v) is 4.16. The van der Waals surface area contributed by atoms with Crippen molar-refractivity contribution in [2.24, 2.45) is 5.92 Å². The molecule has 1 aliphatic rings. The maximum absolute atomic E-state index is 11.3. The van der Waals surface area contributed by atoms with E-state index in [-0.39, 0.29) is 17.9 Å². The summed E-state index contributed by atoms with van der Waals surface area (Å²) >= 11 is 4.05. The van der Waals surface area contributed by atoms with Gasteiger partial charge in [0.15, 0.2) is 0 Å². The molecule has 1 aliphatic heterocycles. The van der Waals surface area contributed by atoms with Crippen LogP contribution in [0.4, 0.5) is 0 Å². The molecule has 0 radical (unpaired) electrons. The molecule has 0 aromatic carbocycles. The summed E-state index contributed by atoms with van der Waals surface area (Å²) in [5.41, 5.74) is 0. The Morgan fingerprint density at radius 2 is 2.25 bits per heavy atom. The minimum Gasteiger partial charge on any atom is -0.469 e. The smallest absolute Gasteiger partial charge is 0.309 e. The third-order valence-corrected chi connectivity index (χ3v) is 5.72. The molecule has 0 aromatic rings. The van der Waals surface area contributed by atoms with Gasteiger partial charge < -0.3 is 10.1 Å². The number of ether oxygens (including phenoxy) is 1. The molecule has 0 bridgehead atoms. The molecule has 16 heavy (non-hydrogen) atoms. The van der Waals surface area contributed by atoms with Crippen LogP contribution in [0.3, 0.4) is 0 Å². The number of hydrogen-bond donors (Lipinski definition) is 1. The van der Waals surface area contributed by atoms with Gasteiger partial charge in [-0.2, -0.15) is 23.5 Å². The molecule has 1 N–H and O–H groups in total. The van der Waals surface area contributed by atoms with Gasteiger partial charge in [-0.05, 0) is 6.92 Å². The Kier molecular flexibility index (Phi) is 6.61. The number of nitrogens with one attached hydrogen (secondary N) is 1. The third-order valence-electron chi connectivity index (χ3n) is 2.88. The summed E-state index contributed by atoms with van der Waals surface area (Å²) in [6, 6.07) is 0.181. The van der Waals surface area contributed by atoms with E-state index in [1.54, 1.807) is 0 Å². The number of rotatable bonds is 5. The van der Waals surface area contributed by atoms with Crippen LogP contribution >= 0.6 is 23.5 Å². The fraction of sp³-hybridized carbons (Fsp3) is 0.909. The van der Waals surface area contributed by atoms with E-state index >= 15 is 0 Å². The van der Waals surface area contributed by atoms with Crippen LogP contribution < -0.4 is 5.32 Å². The fourth-order valence-electron chi connectivity index (χ4n) is 1.54. The Labute approximate surface area is 106 Å². The number of carbonyl (C=O) groups excluding carboxylic acids is 1. The van der Waals surface area contributed by atoms with Crippen LogP contribution in [0.5, 0.6) is 0 Å². The second-order valence-electron chi connectivity index (χ2n) is 4.08. The number of methoxy groups -OCH3 is 1. The molecule has 0 saturated carbocycles. The van der Waals surface area contributed by atoms with Crippen LogP contribution in [0.1, 0.15) is 13.8 Å². The Balaban J connectivity index is 2.22. The van der Waals surface area contributed by atoms with Crippen LogP contribution in [0, 0.1) is 5.92 Å². The number of carbonyl (C=O) groups is 1. The zero-order valence-electron chi connectivity index (χ0n) is 10.2. The van der Waals surface area contributed by atoms with E-state index in [1.165, 1.54) is 24.4 Å². The predicted octanol–water partition coefficient (Wildman–Crippen LogP) is 1.62. The number of esters is 1. The van der Waals surface area contributed by atoms with E-state index in [0.717, 1.165) is 6.54 Å². The summed E-state index contributed by atoms with van der Waals surface area (Å²) in [5, 5.41) is 4.12. The van der Waals surface area contributed by atoms with E-state index in [1.807, 2.05) is 37.4 Å². The molecular formula is C11H21NO2S2. The van der Waals surface area contributed by atoms with E-state index in [0.29, 0.717) is 5.25 Å². The second kappa shape index (κ2) is 7.45. The first kappa shape index (κ1) is 14.2. The lowest BCUT2D eigenvalue weighted by Gasteiger charge is -2.25. The monoisotopic (exact) mass is 263 g/mol. The van der Waals surface area contributed by atoms with E-state index in [2.05, 4.69) is 5.32 Å². The normalized spacial score (nSPS) is 24.8. The van der Waals surface area contributed by atoms with Gasteiger partial charge in [0.2, 0.25) is 0 Å². The molecule has 5 heteroatoms. The van der Waals surface area contributed by atoms with Crippen LogP contribution in [-0.2, 0) is 9.53 Å².